The summed E-state index contributed by atoms with van der Waals surface area (Å²) in [6, 6.07) is 0. The molecule has 0 aliphatic heterocycles. The van der Waals surface area contributed by atoms with E-state index in [2.05, 4.69) is 13.8 Å². The molecule has 0 saturated heterocycles. The molecular formula is C12H24O2S2. The third kappa shape index (κ3) is 7.36. The molecule has 0 bridgehead atoms. The van der Waals surface area contributed by atoms with Crippen molar-refractivity contribution in [1.29, 1.82) is 0 Å². The molecule has 0 aromatic heterocycles. The molecule has 0 radical (unpaired) electrons. The maximum atomic E-state index is 11.6. The van der Waals surface area contributed by atoms with Crippen LogP contribution in [-0.4, -0.2) is 14.0 Å². The first-order valence-corrected chi connectivity index (χ1v) is 8.49. The molecule has 2 nitrogen and oxygen atoms in total. The molecule has 0 spiro atoms. The van der Waals surface area contributed by atoms with E-state index in [-0.39, 0.29) is 5.25 Å². The number of hydrogen-bond donors (Lipinski definition) is 1. The van der Waals surface area contributed by atoms with Gasteiger partial charge in [0, 0.05) is 11.2 Å². The van der Waals surface area contributed by atoms with Gasteiger partial charge in [0.25, 0.3) is 0 Å². The van der Waals surface area contributed by atoms with Gasteiger partial charge in [0.1, 0.15) is 8.77 Å². The Labute approximate surface area is 105 Å². The van der Waals surface area contributed by atoms with Crippen LogP contribution in [0.25, 0.3) is 0 Å². The summed E-state index contributed by atoms with van der Waals surface area (Å²) in [5.74, 6) is 0.483. The Bertz CT molecular complexity index is 294. The largest absolute Gasteiger partial charge is 0.305 e. The van der Waals surface area contributed by atoms with Gasteiger partial charge < -0.3 is 4.55 Å². The molecule has 0 aromatic carbocycles. The summed E-state index contributed by atoms with van der Waals surface area (Å²) in [6.07, 6.45) is 8.54. The molecule has 0 aliphatic carbocycles. The fraction of sp³-hybridized carbons (Fsp3) is 0.833. The quantitative estimate of drug-likeness (QED) is 0.678. The summed E-state index contributed by atoms with van der Waals surface area (Å²) >= 11 is 4.72. The molecule has 0 aliphatic rings. The predicted octanol–water partition coefficient (Wildman–Crippen LogP) is 3.76. The Balaban J connectivity index is 4.33. The minimum Gasteiger partial charge on any atom is -0.305 e. The Morgan fingerprint density at radius 3 is 2.50 bits per heavy atom. The zero-order valence-corrected chi connectivity index (χ0v) is 12.1. The first-order valence-electron chi connectivity index (χ1n) is 5.99. The van der Waals surface area contributed by atoms with Crippen LogP contribution in [0.5, 0.6) is 0 Å². The standard InChI is InChI=1S/C12H24O2S2/c1-4-6-7-9-12(16(13,14)15)10-11(3)8-5-2/h4,6,11-12H,5,7-10H2,1-3H3,(H,13,14,15). The molecular weight excluding hydrogens is 240 g/mol. The second-order valence-electron chi connectivity index (χ2n) is 4.41. The van der Waals surface area contributed by atoms with Gasteiger partial charge in [0.15, 0.2) is 0 Å². The van der Waals surface area contributed by atoms with Gasteiger partial charge in [-0.1, -0.05) is 38.8 Å². The van der Waals surface area contributed by atoms with Crippen LogP contribution in [-0.2, 0) is 20.0 Å². The summed E-state index contributed by atoms with van der Waals surface area (Å²) in [4.78, 5) is 0. The van der Waals surface area contributed by atoms with Crippen molar-refractivity contribution in [2.75, 3.05) is 0 Å². The first-order chi connectivity index (χ1) is 7.41. The SMILES string of the molecule is CC=CCCC(CC(C)CCC)S(=O)(O)=S. The van der Waals surface area contributed by atoms with E-state index in [1.165, 1.54) is 0 Å². The third-order valence-electron chi connectivity index (χ3n) is 2.76. The molecule has 1 N–H and O–H groups in total. The highest BCUT2D eigenvalue weighted by Crippen LogP contribution is 2.21. The van der Waals surface area contributed by atoms with Crippen molar-refractivity contribution in [1.82, 2.24) is 0 Å². The predicted molar refractivity (Wildman–Crippen MR) is 74.7 cm³/mol. The monoisotopic (exact) mass is 264 g/mol. The van der Waals surface area contributed by atoms with Crippen molar-refractivity contribution in [3.63, 3.8) is 0 Å². The Morgan fingerprint density at radius 2 is 2.06 bits per heavy atom. The van der Waals surface area contributed by atoms with Gasteiger partial charge in [-0.3, -0.25) is 0 Å². The third-order valence-corrected chi connectivity index (χ3v) is 4.85. The smallest absolute Gasteiger partial charge is 0.144 e. The zero-order valence-electron chi connectivity index (χ0n) is 10.5. The zero-order chi connectivity index (χ0) is 12.6. The lowest BCUT2D eigenvalue weighted by molar-refractivity contribution is 0.446. The van der Waals surface area contributed by atoms with Crippen molar-refractivity contribution in [2.24, 2.45) is 5.92 Å². The summed E-state index contributed by atoms with van der Waals surface area (Å²) in [5, 5.41) is -0.236. The molecule has 0 rings (SSSR count). The van der Waals surface area contributed by atoms with Crippen LogP contribution < -0.4 is 0 Å². The molecule has 0 amide bonds. The lowest BCUT2D eigenvalue weighted by Crippen LogP contribution is -2.22. The highest BCUT2D eigenvalue weighted by Gasteiger charge is 2.21. The summed E-state index contributed by atoms with van der Waals surface area (Å²) in [6.45, 7) is 6.22. The second kappa shape index (κ2) is 8.20. The Kier molecular flexibility index (Phi) is 8.24. The molecule has 0 fully saturated rings. The maximum Gasteiger partial charge on any atom is 0.144 e. The molecule has 4 heteroatoms. The van der Waals surface area contributed by atoms with E-state index in [9.17, 15) is 8.76 Å². The fourth-order valence-electron chi connectivity index (χ4n) is 1.90. The summed E-state index contributed by atoms with van der Waals surface area (Å²) < 4.78 is 21.1. The van der Waals surface area contributed by atoms with Crippen LogP contribution in [0.15, 0.2) is 12.2 Å². The van der Waals surface area contributed by atoms with Crippen molar-refractivity contribution in [3.05, 3.63) is 12.2 Å². The molecule has 16 heavy (non-hydrogen) atoms. The van der Waals surface area contributed by atoms with Gasteiger partial charge in [-0.2, -0.15) is 0 Å². The highest BCUT2D eigenvalue weighted by atomic mass is 32.8. The van der Waals surface area contributed by atoms with Crippen LogP contribution in [0.1, 0.15) is 52.9 Å². The molecule has 0 saturated carbocycles. The number of allylic oxidation sites excluding steroid dienone is 2. The molecule has 3 unspecified atom stereocenters. The van der Waals surface area contributed by atoms with E-state index in [0.29, 0.717) is 5.92 Å². The second-order valence-corrected chi connectivity index (χ2v) is 7.54. The van der Waals surface area contributed by atoms with Crippen LogP contribution in [0.3, 0.4) is 0 Å². The molecule has 0 heterocycles. The van der Waals surface area contributed by atoms with Gasteiger partial charge in [-0.15, -0.1) is 0 Å². The number of rotatable bonds is 8. The Morgan fingerprint density at radius 1 is 1.44 bits per heavy atom. The van der Waals surface area contributed by atoms with E-state index in [4.69, 9.17) is 11.2 Å². The van der Waals surface area contributed by atoms with Crippen LogP contribution in [0.2, 0.25) is 0 Å². The molecule has 0 aromatic rings. The van der Waals surface area contributed by atoms with Crippen molar-refractivity contribution in [3.8, 4) is 0 Å². The van der Waals surface area contributed by atoms with Crippen molar-refractivity contribution in [2.45, 2.75) is 58.1 Å². The molecule has 96 valence electrons. The topological polar surface area (TPSA) is 37.3 Å². The minimum atomic E-state index is -3.06. The van der Waals surface area contributed by atoms with Crippen molar-refractivity contribution >= 4 is 20.0 Å². The summed E-state index contributed by atoms with van der Waals surface area (Å²) in [5.41, 5.74) is 0. The van der Waals surface area contributed by atoms with Crippen LogP contribution in [0.4, 0.5) is 0 Å². The van der Waals surface area contributed by atoms with Crippen LogP contribution >= 0.6 is 0 Å². The lowest BCUT2D eigenvalue weighted by atomic mass is 9.98. The van der Waals surface area contributed by atoms with E-state index < -0.39 is 8.77 Å². The minimum absolute atomic E-state index is 0.236. The van der Waals surface area contributed by atoms with E-state index in [0.717, 1.165) is 32.1 Å². The number of hydrogen-bond acceptors (Lipinski definition) is 2. The average molecular weight is 264 g/mol. The van der Waals surface area contributed by atoms with Gasteiger partial charge in [-0.25, -0.2) is 4.21 Å². The molecule has 3 atom stereocenters. The average Bonchev–Trinajstić information content (AvgIpc) is 2.15. The first kappa shape index (κ1) is 16.1. The van der Waals surface area contributed by atoms with Gasteiger partial charge in [0.2, 0.25) is 0 Å². The summed E-state index contributed by atoms with van der Waals surface area (Å²) in [7, 11) is -3.06. The highest BCUT2D eigenvalue weighted by molar-refractivity contribution is 8.30. The van der Waals surface area contributed by atoms with Crippen molar-refractivity contribution < 1.29 is 8.76 Å². The Hall–Kier alpha value is 0.0700. The maximum absolute atomic E-state index is 11.6. The van der Waals surface area contributed by atoms with E-state index in [1.54, 1.807) is 0 Å². The van der Waals surface area contributed by atoms with Crippen LogP contribution in [0, 0.1) is 5.92 Å². The lowest BCUT2D eigenvalue weighted by Gasteiger charge is -2.19. The van der Waals surface area contributed by atoms with Gasteiger partial charge in [-0.05, 0) is 32.1 Å². The van der Waals surface area contributed by atoms with Gasteiger partial charge >= 0.3 is 0 Å². The fourth-order valence-corrected chi connectivity index (χ4v) is 3.43. The normalized spacial score (nSPS) is 19.5. The van der Waals surface area contributed by atoms with E-state index >= 15 is 0 Å². The van der Waals surface area contributed by atoms with Gasteiger partial charge in [0.05, 0.1) is 5.25 Å². The van der Waals surface area contributed by atoms with E-state index in [1.807, 2.05) is 19.1 Å².